The molecule has 0 radical (unpaired) electrons. The highest BCUT2D eigenvalue weighted by Crippen LogP contribution is 2.23. The highest BCUT2D eigenvalue weighted by atomic mass is 16.3. The van der Waals surface area contributed by atoms with Gasteiger partial charge >= 0.3 is 0 Å². The van der Waals surface area contributed by atoms with Crippen LogP contribution in [0.25, 0.3) is 0 Å². The van der Waals surface area contributed by atoms with Gasteiger partial charge in [-0.3, -0.25) is 0 Å². The molecule has 1 atom stereocenters. The zero-order chi connectivity index (χ0) is 12.0. The molecule has 0 heterocycles. The number of benzene rings is 1. The molecule has 3 nitrogen and oxygen atoms in total. The van der Waals surface area contributed by atoms with Gasteiger partial charge in [0.25, 0.3) is 0 Å². The molecule has 1 rings (SSSR count). The van der Waals surface area contributed by atoms with E-state index >= 15 is 0 Å². The quantitative estimate of drug-likeness (QED) is 0.680. The van der Waals surface area contributed by atoms with E-state index in [9.17, 15) is 0 Å². The van der Waals surface area contributed by atoms with Crippen LogP contribution in [0.4, 0.5) is 0 Å². The monoisotopic (exact) mass is 223 g/mol. The SMILES string of the molecule is CC(CCC(N)(CO)CO)c1ccccc1. The van der Waals surface area contributed by atoms with Gasteiger partial charge in [0.15, 0.2) is 0 Å². The van der Waals surface area contributed by atoms with Gasteiger partial charge < -0.3 is 15.9 Å². The number of hydrogen-bond acceptors (Lipinski definition) is 3. The average Bonchev–Trinajstić information content (AvgIpc) is 2.36. The van der Waals surface area contributed by atoms with Crippen LogP contribution in [0.3, 0.4) is 0 Å². The van der Waals surface area contributed by atoms with Gasteiger partial charge in [0.05, 0.1) is 18.8 Å². The molecule has 1 unspecified atom stereocenters. The maximum Gasteiger partial charge on any atom is 0.0633 e. The average molecular weight is 223 g/mol. The van der Waals surface area contributed by atoms with Crippen molar-refractivity contribution in [2.24, 2.45) is 5.73 Å². The lowest BCUT2D eigenvalue weighted by atomic mass is 9.88. The smallest absolute Gasteiger partial charge is 0.0633 e. The molecular weight excluding hydrogens is 202 g/mol. The van der Waals surface area contributed by atoms with Gasteiger partial charge in [0.2, 0.25) is 0 Å². The predicted octanol–water partition coefficient (Wildman–Crippen LogP) is 1.25. The third kappa shape index (κ3) is 3.59. The fourth-order valence-electron chi connectivity index (χ4n) is 1.66. The summed E-state index contributed by atoms with van der Waals surface area (Å²) in [4.78, 5) is 0. The first-order chi connectivity index (χ1) is 7.61. The van der Waals surface area contributed by atoms with Crippen molar-refractivity contribution in [2.45, 2.75) is 31.2 Å². The third-order valence-electron chi connectivity index (χ3n) is 3.07. The van der Waals surface area contributed by atoms with Crippen LogP contribution < -0.4 is 5.73 Å². The largest absolute Gasteiger partial charge is 0.394 e. The van der Waals surface area contributed by atoms with E-state index in [4.69, 9.17) is 15.9 Å². The topological polar surface area (TPSA) is 66.5 Å². The summed E-state index contributed by atoms with van der Waals surface area (Å²) in [7, 11) is 0. The van der Waals surface area contributed by atoms with Crippen molar-refractivity contribution in [3.8, 4) is 0 Å². The molecule has 1 aromatic rings. The van der Waals surface area contributed by atoms with E-state index in [0.29, 0.717) is 12.3 Å². The Morgan fingerprint density at radius 2 is 1.75 bits per heavy atom. The molecule has 0 aliphatic carbocycles. The number of rotatable bonds is 6. The van der Waals surface area contributed by atoms with Gasteiger partial charge in [0.1, 0.15) is 0 Å². The number of hydrogen-bond donors (Lipinski definition) is 3. The van der Waals surface area contributed by atoms with Crippen molar-refractivity contribution < 1.29 is 10.2 Å². The Bertz CT molecular complexity index is 296. The van der Waals surface area contributed by atoms with Crippen molar-refractivity contribution >= 4 is 0 Å². The van der Waals surface area contributed by atoms with Gasteiger partial charge in [-0.2, -0.15) is 0 Å². The Kier molecular flexibility index (Phi) is 4.93. The molecule has 90 valence electrons. The minimum absolute atomic E-state index is 0.176. The van der Waals surface area contributed by atoms with Crippen molar-refractivity contribution in [1.82, 2.24) is 0 Å². The predicted molar refractivity (Wildman–Crippen MR) is 65.2 cm³/mol. The zero-order valence-corrected chi connectivity index (χ0v) is 9.76. The number of aliphatic hydroxyl groups excluding tert-OH is 2. The van der Waals surface area contributed by atoms with E-state index in [1.165, 1.54) is 5.56 Å². The first-order valence-electron chi connectivity index (χ1n) is 5.67. The van der Waals surface area contributed by atoms with Crippen LogP contribution in [0, 0.1) is 0 Å². The van der Waals surface area contributed by atoms with Crippen LogP contribution in [0.5, 0.6) is 0 Å². The van der Waals surface area contributed by atoms with Crippen LogP contribution in [-0.4, -0.2) is 29.0 Å². The Morgan fingerprint density at radius 1 is 1.19 bits per heavy atom. The van der Waals surface area contributed by atoms with E-state index in [2.05, 4.69) is 19.1 Å². The molecule has 0 saturated carbocycles. The summed E-state index contributed by atoms with van der Waals surface area (Å²) in [6.07, 6.45) is 1.48. The summed E-state index contributed by atoms with van der Waals surface area (Å²) < 4.78 is 0. The highest BCUT2D eigenvalue weighted by molar-refractivity contribution is 5.18. The van der Waals surface area contributed by atoms with Gasteiger partial charge in [-0.05, 0) is 24.3 Å². The summed E-state index contributed by atoms with van der Waals surface area (Å²) in [5, 5.41) is 18.2. The highest BCUT2D eigenvalue weighted by Gasteiger charge is 2.23. The molecule has 0 amide bonds. The van der Waals surface area contributed by atoms with Crippen LogP contribution >= 0.6 is 0 Å². The van der Waals surface area contributed by atoms with Crippen LogP contribution in [-0.2, 0) is 0 Å². The van der Waals surface area contributed by atoms with Crippen LogP contribution in [0.1, 0.15) is 31.2 Å². The third-order valence-corrected chi connectivity index (χ3v) is 3.07. The lowest BCUT2D eigenvalue weighted by molar-refractivity contribution is 0.111. The minimum Gasteiger partial charge on any atom is -0.394 e. The molecule has 0 spiro atoms. The second-order valence-corrected chi connectivity index (χ2v) is 4.53. The fourth-order valence-corrected chi connectivity index (χ4v) is 1.66. The Balaban J connectivity index is 2.50. The van der Waals surface area contributed by atoms with Crippen molar-refractivity contribution in [2.75, 3.05) is 13.2 Å². The van der Waals surface area contributed by atoms with Gasteiger partial charge in [0, 0.05) is 0 Å². The fraction of sp³-hybridized carbons (Fsp3) is 0.538. The van der Waals surface area contributed by atoms with Crippen LogP contribution in [0.15, 0.2) is 30.3 Å². The van der Waals surface area contributed by atoms with E-state index in [1.807, 2.05) is 18.2 Å². The lowest BCUT2D eigenvalue weighted by Gasteiger charge is -2.26. The molecule has 0 aromatic heterocycles. The zero-order valence-electron chi connectivity index (χ0n) is 9.76. The molecule has 4 N–H and O–H groups in total. The molecule has 3 heteroatoms. The molecule has 0 aliphatic rings. The maximum absolute atomic E-state index is 9.08. The van der Waals surface area contributed by atoms with Gasteiger partial charge in [-0.15, -0.1) is 0 Å². The summed E-state index contributed by atoms with van der Waals surface area (Å²) in [5.41, 5.74) is 6.24. The Morgan fingerprint density at radius 3 is 2.25 bits per heavy atom. The van der Waals surface area contributed by atoms with Crippen molar-refractivity contribution in [1.29, 1.82) is 0 Å². The molecule has 0 aliphatic heterocycles. The molecule has 0 bridgehead atoms. The maximum atomic E-state index is 9.08. The van der Waals surface area contributed by atoms with Crippen molar-refractivity contribution in [3.05, 3.63) is 35.9 Å². The minimum atomic E-state index is -0.844. The number of aliphatic hydroxyl groups is 2. The molecule has 1 aromatic carbocycles. The Labute approximate surface area is 96.9 Å². The van der Waals surface area contributed by atoms with Gasteiger partial charge in [-0.1, -0.05) is 37.3 Å². The van der Waals surface area contributed by atoms with E-state index in [0.717, 1.165) is 6.42 Å². The summed E-state index contributed by atoms with van der Waals surface area (Å²) >= 11 is 0. The molecule has 0 saturated heterocycles. The van der Waals surface area contributed by atoms with Crippen molar-refractivity contribution in [3.63, 3.8) is 0 Å². The first-order valence-corrected chi connectivity index (χ1v) is 5.67. The molecule has 16 heavy (non-hydrogen) atoms. The van der Waals surface area contributed by atoms with E-state index in [-0.39, 0.29) is 13.2 Å². The Hall–Kier alpha value is -0.900. The summed E-state index contributed by atoms with van der Waals surface area (Å²) in [5.74, 6) is 0.391. The normalized spacial score (nSPS) is 13.8. The second-order valence-electron chi connectivity index (χ2n) is 4.53. The second kappa shape index (κ2) is 5.99. The summed E-state index contributed by atoms with van der Waals surface area (Å²) in [6.45, 7) is 1.78. The van der Waals surface area contributed by atoms with E-state index in [1.54, 1.807) is 0 Å². The lowest BCUT2D eigenvalue weighted by Crippen LogP contribution is -2.47. The van der Waals surface area contributed by atoms with Crippen LogP contribution in [0.2, 0.25) is 0 Å². The van der Waals surface area contributed by atoms with Gasteiger partial charge in [-0.25, -0.2) is 0 Å². The first kappa shape index (κ1) is 13.2. The summed E-state index contributed by atoms with van der Waals surface area (Å²) in [6, 6.07) is 10.2. The van der Waals surface area contributed by atoms with E-state index < -0.39 is 5.54 Å². The standard InChI is InChI=1S/C13H21NO2/c1-11(12-5-3-2-4-6-12)7-8-13(14,9-15)10-16/h2-6,11,15-16H,7-10,14H2,1H3. The molecular formula is C13H21NO2. The molecule has 0 fully saturated rings. The number of nitrogens with two attached hydrogens (primary N) is 1.